The maximum Gasteiger partial charge on any atom is 0.258 e. The molecule has 2 aromatic rings. The molecule has 0 bridgehead atoms. The van der Waals surface area contributed by atoms with Crippen LogP contribution in [0.3, 0.4) is 0 Å². The minimum atomic E-state index is -0.135. The van der Waals surface area contributed by atoms with Gasteiger partial charge in [-0.25, -0.2) is 0 Å². The van der Waals surface area contributed by atoms with E-state index in [0.717, 1.165) is 5.69 Å². The second-order valence-electron chi connectivity index (χ2n) is 3.37. The molecule has 0 saturated carbocycles. The first-order valence-electron chi connectivity index (χ1n) is 4.83. The van der Waals surface area contributed by atoms with Crippen molar-refractivity contribution in [1.29, 1.82) is 0 Å². The van der Waals surface area contributed by atoms with Gasteiger partial charge in [0.1, 0.15) is 5.75 Å². The van der Waals surface area contributed by atoms with E-state index in [1.165, 1.54) is 17.7 Å². The first-order valence-corrected chi connectivity index (χ1v) is 4.83. The molecular formula is C12H12N2O2. The number of nitrogens with zero attached hydrogens (tertiary/aromatic N) is 1. The molecule has 0 fully saturated rings. The van der Waals surface area contributed by atoms with Crippen LogP contribution in [0.2, 0.25) is 0 Å². The van der Waals surface area contributed by atoms with E-state index < -0.39 is 0 Å². The Labute approximate surface area is 92.9 Å². The molecule has 16 heavy (non-hydrogen) atoms. The number of aromatic nitrogens is 1. The monoisotopic (exact) mass is 216 g/mol. The molecule has 4 nitrogen and oxygen atoms in total. The van der Waals surface area contributed by atoms with Crippen molar-refractivity contribution in [2.24, 2.45) is 0 Å². The van der Waals surface area contributed by atoms with Gasteiger partial charge < -0.3 is 10.5 Å². The van der Waals surface area contributed by atoms with Gasteiger partial charge in [0, 0.05) is 23.6 Å². The van der Waals surface area contributed by atoms with E-state index >= 15 is 0 Å². The lowest BCUT2D eigenvalue weighted by Crippen LogP contribution is -2.16. The molecule has 0 aliphatic carbocycles. The van der Waals surface area contributed by atoms with Crippen molar-refractivity contribution in [1.82, 2.24) is 4.57 Å². The lowest BCUT2D eigenvalue weighted by atomic mass is 10.3. The van der Waals surface area contributed by atoms with Crippen molar-refractivity contribution < 1.29 is 4.74 Å². The first kappa shape index (κ1) is 10.3. The topological polar surface area (TPSA) is 57.2 Å². The van der Waals surface area contributed by atoms with Crippen LogP contribution in [0.1, 0.15) is 0 Å². The van der Waals surface area contributed by atoms with Crippen LogP contribution in [0.25, 0.3) is 5.69 Å². The number of methoxy groups -OCH3 is 1. The van der Waals surface area contributed by atoms with Gasteiger partial charge in [-0.3, -0.25) is 9.36 Å². The van der Waals surface area contributed by atoms with Crippen molar-refractivity contribution >= 4 is 5.69 Å². The summed E-state index contributed by atoms with van der Waals surface area (Å²) in [6.07, 6.45) is 1.67. The van der Waals surface area contributed by atoms with E-state index in [-0.39, 0.29) is 5.56 Å². The highest BCUT2D eigenvalue weighted by molar-refractivity contribution is 5.45. The van der Waals surface area contributed by atoms with Gasteiger partial charge in [0.2, 0.25) is 0 Å². The summed E-state index contributed by atoms with van der Waals surface area (Å²) < 4.78 is 6.50. The maximum absolute atomic E-state index is 11.7. The fourth-order valence-corrected chi connectivity index (χ4v) is 1.44. The van der Waals surface area contributed by atoms with E-state index in [1.54, 1.807) is 36.5 Å². The molecular weight excluding hydrogens is 204 g/mol. The standard InChI is InChI=1S/C12H12N2O2/c1-16-11-6-7-14(12(15)8-11)10-4-2-9(13)3-5-10/h2-8H,13H2,1H3. The molecule has 1 heterocycles. The molecule has 0 saturated heterocycles. The van der Waals surface area contributed by atoms with Gasteiger partial charge in [-0.1, -0.05) is 0 Å². The maximum atomic E-state index is 11.7. The number of pyridine rings is 1. The number of hydrogen-bond donors (Lipinski definition) is 1. The van der Waals surface area contributed by atoms with Crippen molar-refractivity contribution in [2.45, 2.75) is 0 Å². The zero-order valence-electron chi connectivity index (χ0n) is 8.88. The zero-order valence-corrected chi connectivity index (χ0v) is 8.88. The summed E-state index contributed by atoms with van der Waals surface area (Å²) in [7, 11) is 1.53. The smallest absolute Gasteiger partial charge is 0.258 e. The van der Waals surface area contributed by atoms with Crippen LogP contribution in [-0.4, -0.2) is 11.7 Å². The summed E-state index contributed by atoms with van der Waals surface area (Å²) in [5.41, 5.74) is 6.90. The quantitative estimate of drug-likeness (QED) is 0.772. The van der Waals surface area contributed by atoms with E-state index in [0.29, 0.717) is 11.4 Å². The van der Waals surface area contributed by atoms with Crippen molar-refractivity contribution in [3.05, 3.63) is 52.9 Å². The molecule has 0 atom stereocenters. The highest BCUT2D eigenvalue weighted by Gasteiger charge is 2.00. The molecule has 82 valence electrons. The van der Waals surface area contributed by atoms with E-state index in [9.17, 15) is 4.79 Å². The second kappa shape index (κ2) is 4.10. The van der Waals surface area contributed by atoms with Crippen LogP contribution in [-0.2, 0) is 0 Å². The molecule has 1 aromatic heterocycles. The molecule has 4 heteroatoms. The number of hydrogen-bond acceptors (Lipinski definition) is 3. The molecule has 2 N–H and O–H groups in total. The molecule has 0 unspecified atom stereocenters. The lowest BCUT2D eigenvalue weighted by Gasteiger charge is -2.06. The van der Waals surface area contributed by atoms with Crippen molar-refractivity contribution in [3.8, 4) is 11.4 Å². The van der Waals surface area contributed by atoms with E-state index in [4.69, 9.17) is 10.5 Å². The molecule has 0 spiro atoms. The number of benzene rings is 1. The Morgan fingerprint density at radius 1 is 1.19 bits per heavy atom. The molecule has 0 aliphatic heterocycles. The number of rotatable bonds is 2. The van der Waals surface area contributed by atoms with Crippen molar-refractivity contribution in [3.63, 3.8) is 0 Å². The summed E-state index contributed by atoms with van der Waals surface area (Å²) in [4.78, 5) is 11.7. The molecule has 0 radical (unpaired) electrons. The number of anilines is 1. The summed E-state index contributed by atoms with van der Waals surface area (Å²) in [5, 5.41) is 0. The van der Waals surface area contributed by atoms with Crippen LogP contribution in [0.5, 0.6) is 5.75 Å². The van der Waals surface area contributed by atoms with Gasteiger partial charge in [0.25, 0.3) is 5.56 Å². The Morgan fingerprint density at radius 3 is 2.44 bits per heavy atom. The van der Waals surface area contributed by atoms with Gasteiger partial charge in [-0.2, -0.15) is 0 Å². The highest BCUT2D eigenvalue weighted by atomic mass is 16.5. The van der Waals surface area contributed by atoms with Crippen LogP contribution in [0.4, 0.5) is 5.69 Å². The third kappa shape index (κ3) is 1.91. The SMILES string of the molecule is COc1ccn(-c2ccc(N)cc2)c(=O)c1. The number of ether oxygens (including phenoxy) is 1. The van der Waals surface area contributed by atoms with Crippen LogP contribution in [0.15, 0.2) is 47.4 Å². The Hall–Kier alpha value is -2.23. The first-order chi connectivity index (χ1) is 7.70. The normalized spacial score (nSPS) is 10.1. The average molecular weight is 216 g/mol. The zero-order chi connectivity index (χ0) is 11.5. The summed E-state index contributed by atoms with van der Waals surface area (Å²) in [6, 6.07) is 10.3. The van der Waals surface area contributed by atoms with E-state index in [1.807, 2.05) is 0 Å². The fraction of sp³-hybridized carbons (Fsp3) is 0.0833. The van der Waals surface area contributed by atoms with Gasteiger partial charge in [0.15, 0.2) is 0 Å². The highest BCUT2D eigenvalue weighted by Crippen LogP contribution is 2.11. The Bertz CT molecular complexity index is 544. The van der Waals surface area contributed by atoms with Crippen LogP contribution >= 0.6 is 0 Å². The average Bonchev–Trinajstić information content (AvgIpc) is 2.30. The van der Waals surface area contributed by atoms with Gasteiger partial charge in [-0.15, -0.1) is 0 Å². The summed E-state index contributed by atoms with van der Waals surface area (Å²) in [6.45, 7) is 0. The molecule has 1 aromatic carbocycles. The fourth-order valence-electron chi connectivity index (χ4n) is 1.44. The summed E-state index contributed by atoms with van der Waals surface area (Å²) in [5.74, 6) is 0.552. The van der Waals surface area contributed by atoms with Crippen LogP contribution in [0, 0.1) is 0 Å². The number of nitrogens with two attached hydrogens (primary N) is 1. The van der Waals surface area contributed by atoms with Gasteiger partial charge >= 0.3 is 0 Å². The minimum Gasteiger partial charge on any atom is -0.497 e. The Balaban J connectivity index is 2.48. The van der Waals surface area contributed by atoms with Crippen molar-refractivity contribution in [2.75, 3.05) is 12.8 Å². The minimum absolute atomic E-state index is 0.135. The van der Waals surface area contributed by atoms with Gasteiger partial charge in [-0.05, 0) is 30.3 Å². The van der Waals surface area contributed by atoms with E-state index in [2.05, 4.69) is 0 Å². The second-order valence-corrected chi connectivity index (χ2v) is 3.37. The molecule has 0 amide bonds. The number of nitrogen functional groups attached to an aromatic ring is 1. The van der Waals surface area contributed by atoms with Crippen LogP contribution < -0.4 is 16.0 Å². The molecule has 0 aliphatic rings. The lowest BCUT2D eigenvalue weighted by molar-refractivity contribution is 0.413. The predicted molar refractivity (Wildman–Crippen MR) is 63.0 cm³/mol. The Morgan fingerprint density at radius 2 is 1.88 bits per heavy atom. The Kier molecular flexibility index (Phi) is 2.64. The predicted octanol–water partition coefficient (Wildman–Crippen LogP) is 1.43. The summed E-state index contributed by atoms with van der Waals surface area (Å²) >= 11 is 0. The largest absolute Gasteiger partial charge is 0.497 e. The third-order valence-corrected chi connectivity index (χ3v) is 2.30. The molecule has 2 rings (SSSR count). The van der Waals surface area contributed by atoms with Gasteiger partial charge in [0.05, 0.1) is 7.11 Å². The third-order valence-electron chi connectivity index (χ3n) is 2.30.